The first-order valence-corrected chi connectivity index (χ1v) is 9.66. The van der Waals surface area contributed by atoms with E-state index in [4.69, 9.17) is 15.3 Å². The number of primary amides is 1. The van der Waals surface area contributed by atoms with Crippen LogP contribution in [-0.4, -0.2) is 60.2 Å². The van der Waals surface area contributed by atoms with Gasteiger partial charge in [0.2, 0.25) is 0 Å². The Morgan fingerprint density at radius 3 is 2.37 bits per heavy atom. The summed E-state index contributed by atoms with van der Waals surface area (Å²) in [4.78, 5) is 44.5. The van der Waals surface area contributed by atoms with Gasteiger partial charge in [0.1, 0.15) is 0 Å². The highest BCUT2D eigenvalue weighted by atomic mass is 127. The number of amides is 3. The molecule has 0 saturated carbocycles. The van der Waals surface area contributed by atoms with Crippen molar-refractivity contribution in [3.8, 4) is 0 Å². The van der Waals surface area contributed by atoms with Gasteiger partial charge < -0.3 is 15.4 Å². The molecule has 1 aromatic rings. The van der Waals surface area contributed by atoms with Crippen LogP contribution in [0.4, 0.5) is 0 Å². The topological polar surface area (TPSA) is 102 Å². The monoisotopic (exact) mass is 489 g/mol. The fourth-order valence-electron chi connectivity index (χ4n) is 2.73. The molecule has 148 valence electrons. The Labute approximate surface area is 172 Å². The van der Waals surface area contributed by atoms with Crippen molar-refractivity contribution in [2.45, 2.75) is 38.0 Å². The highest BCUT2D eigenvalue weighted by Crippen LogP contribution is 2.22. The second-order valence-corrected chi connectivity index (χ2v) is 7.76. The molecule has 1 aliphatic rings. The lowest BCUT2D eigenvalue weighted by Gasteiger charge is -2.38. The van der Waals surface area contributed by atoms with Crippen molar-refractivity contribution in [2.75, 3.05) is 20.7 Å². The van der Waals surface area contributed by atoms with Gasteiger partial charge in [-0.1, -0.05) is 0 Å². The minimum Gasteiger partial charge on any atom is -0.367 e. The fraction of sp³-hybridized carbons (Fsp3) is 0.500. The fourth-order valence-corrected chi connectivity index (χ4v) is 3.09. The highest BCUT2D eigenvalue weighted by Gasteiger charge is 2.48. The molecule has 1 saturated heterocycles. The molecule has 9 heteroatoms. The quantitative estimate of drug-likeness (QED) is 0.371. The van der Waals surface area contributed by atoms with E-state index < -0.39 is 29.6 Å². The van der Waals surface area contributed by atoms with Crippen LogP contribution in [-0.2, 0) is 19.2 Å². The molecule has 3 amide bonds. The zero-order chi connectivity index (χ0) is 20.2. The van der Waals surface area contributed by atoms with E-state index in [9.17, 15) is 14.4 Å². The van der Waals surface area contributed by atoms with Crippen LogP contribution in [0.1, 0.15) is 36.5 Å². The van der Waals surface area contributed by atoms with Crippen molar-refractivity contribution in [1.29, 1.82) is 0 Å². The molecule has 2 N–H and O–H groups in total. The lowest BCUT2D eigenvalue weighted by atomic mass is 9.97. The molecular formula is C18H24IN3O5. The van der Waals surface area contributed by atoms with Crippen LogP contribution >= 0.6 is 22.6 Å². The Kier molecular flexibility index (Phi) is 7.18. The van der Waals surface area contributed by atoms with Crippen molar-refractivity contribution < 1.29 is 24.0 Å². The number of benzene rings is 1. The van der Waals surface area contributed by atoms with E-state index in [2.05, 4.69) is 22.6 Å². The predicted octanol–water partition coefficient (Wildman–Crippen LogP) is 1.52. The third-order valence-corrected chi connectivity index (χ3v) is 5.38. The number of ether oxygens (including phenoxy) is 1. The summed E-state index contributed by atoms with van der Waals surface area (Å²) in [5.74, 6) is -2.19. The molecule has 2 atom stereocenters. The normalized spacial score (nSPS) is 19.0. The van der Waals surface area contributed by atoms with E-state index >= 15 is 0 Å². The first kappa shape index (κ1) is 21.6. The summed E-state index contributed by atoms with van der Waals surface area (Å²) < 4.78 is 6.41. The summed E-state index contributed by atoms with van der Waals surface area (Å²) in [5.41, 5.74) is 3.95. The number of carbonyl (C=O) groups is 3. The molecule has 1 unspecified atom stereocenters. The van der Waals surface area contributed by atoms with Gasteiger partial charge >= 0.3 is 0 Å². The number of hydrogen-bond acceptors (Lipinski definition) is 5. The van der Waals surface area contributed by atoms with Gasteiger partial charge in [-0.25, -0.2) is 9.90 Å². The van der Waals surface area contributed by atoms with Crippen LogP contribution in [0.3, 0.4) is 0 Å². The number of likely N-dealkylation sites (N-methyl/N-ethyl adjacent to an activating group) is 2. The number of hydrogen-bond donors (Lipinski definition) is 1. The highest BCUT2D eigenvalue weighted by molar-refractivity contribution is 14.1. The first-order chi connectivity index (χ1) is 12.7. The summed E-state index contributed by atoms with van der Waals surface area (Å²) in [7, 11) is 2.75. The molecule has 0 spiro atoms. The molecule has 1 fully saturated rings. The zero-order valence-electron chi connectivity index (χ0n) is 15.6. The van der Waals surface area contributed by atoms with Gasteiger partial charge in [0.05, 0.1) is 0 Å². The van der Waals surface area contributed by atoms with Gasteiger partial charge in [-0.15, -0.1) is 0 Å². The zero-order valence-corrected chi connectivity index (χ0v) is 17.8. The van der Waals surface area contributed by atoms with Crippen molar-refractivity contribution in [2.24, 2.45) is 5.73 Å². The number of nitrogens with two attached hydrogens (primary N) is 1. The van der Waals surface area contributed by atoms with E-state index in [1.807, 2.05) is 0 Å². The molecule has 0 radical (unpaired) electrons. The van der Waals surface area contributed by atoms with Crippen LogP contribution in [0.5, 0.6) is 0 Å². The number of halogens is 1. The van der Waals surface area contributed by atoms with E-state index in [1.165, 1.54) is 21.0 Å². The molecule has 1 heterocycles. The minimum absolute atomic E-state index is 0.345. The van der Waals surface area contributed by atoms with E-state index in [-0.39, 0.29) is 0 Å². The molecule has 0 aliphatic carbocycles. The van der Waals surface area contributed by atoms with Gasteiger partial charge in [0.25, 0.3) is 17.7 Å². The van der Waals surface area contributed by atoms with Gasteiger partial charge in [-0.05, 0) is 66.6 Å². The maximum Gasteiger partial charge on any atom is 0.281 e. The van der Waals surface area contributed by atoms with E-state index in [0.717, 1.165) is 26.4 Å². The Hall–Kier alpha value is -1.72. The number of hydroxylamine groups is 2. The maximum atomic E-state index is 13.0. The smallest absolute Gasteiger partial charge is 0.281 e. The van der Waals surface area contributed by atoms with Crippen molar-refractivity contribution >= 4 is 40.3 Å². The molecule has 27 heavy (non-hydrogen) atoms. The maximum absolute atomic E-state index is 13.0. The van der Waals surface area contributed by atoms with Crippen molar-refractivity contribution in [3.05, 3.63) is 33.4 Å². The average Bonchev–Trinajstić information content (AvgIpc) is 2.66. The molecule has 0 bridgehead atoms. The van der Waals surface area contributed by atoms with Gasteiger partial charge in [0, 0.05) is 36.3 Å². The molecule has 2 rings (SSSR count). The largest absolute Gasteiger partial charge is 0.367 e. The average molecular weight is 489 g/mol. The molecule has 1 aromatic carbocycles. The third kappa shape index (κ3) is 4.77. The van der Waals surface area contributed by atoms with Crippen LogP contribution < -0.4 is 5.73 Å². The van der Waals surface area contributed by atoms with E-state index in [1.54, 1.807) is 24.3 Å². The number of nitrogens with zero attached hydrogens (tertiary/aromatic N) is 2. The minimum atomic E-state index is -1.91. The van der Waals surface area contributed by atoms with Gasteiger partial charge in [-0.3, -0.25) is 14.4 Å². The molecule has 8 nitrogen and oxygen atoms in total. The lowest BCUT2D eigenvalue weighted by molar-refractivity contribution is -0.274. The SMILES string of the molecule is CN(OC1CCCCO1)C(=O)[C@](C)(C(N)=O)N(C)C(=O)c1ccc(I)cc1. The lowest BCUT2D eigenvalue weighted by Crippen LogP contribution is -2.64. The summed E-state index contributed by atoms with van der Waals surface area (Å²) >= 11 is 2.12. The van der Waals surface area contributed by atoms with Crippen LogP contribution in [0.25, 0.3) is 0 Å². The van der Waals surface area contributed by atoms with Crippen LogP contribution in [0.2, 0.25) is 0 Å². The molecule has 0 aromatic heterocycles. The molecule has 1 aliphatic heterocycles. The summed E-state index contributed by atoms with van der Waals surface area (Å²) in [5, 5.41) is 0.929. The number of rotatable bonds is 6. The number of carbonyl (C=O) groups excluding carboxylic acids is 3. The summed E-state index contributed by atoms with van der Waals surface area (Å²) in [6.07, 6.45) is 1.93. The van der Waals surface area contributed by atoms with Crippen LogP contribution in [0, 0.1) is 3.57 Å². The van der Waals surface area contributed by atoms with E-state index in [0.29, 0.717) is 18.6 Å². The Morgan fingerprint density at radius 2 is 1.85 bits per heavy atom. The third-order valence-electron chi connectivity index (χ3n) is 4.66. The van der Waals surface area contributed by atoms with Crippen molar-refractivity contribution in [3.63, 3.8) is 0 Å². The van der Waals surface area contributed by atoms with Crippen molar-refractivity contribution in [1.82, 2.24) is 9.96 Å². The van der Waals surface area contributed by atoms with Gasteiger partial charge in [-0.2, -0.15) is 0 Å². The Bertz CT molecular complexity index is 705. The predicted molar refractivity (Wildman–Crippen MR) is 106 cm³/mol. The Balaban J connectivity index is 2.20. The van der Waals surface area contributed by atoms with Crippen LogP contribution in [0.15, 0.2) is 24.3 Å². The first-order valence-electron chi connectivity index (χ1n) is 8.58. The standard InChI is InChI=1S/C18H24IN3O5/c1-18(16(20)24,17(25)22(3)27-14-6-4-5-11-26-14)21(2)15(23)12-7-9-13(19)10-8-12/h7-10,14H,4-6,11H2,1-3H3,(H2,20,24)/t14?,18-/m0/s1. The van der Waals surface area contributed by atoms with Gasteiger partial charge in [0.15, 0.2) is 11.8 Å². The second-order valence-electron chi connectivity index (χ2n) is 6.51. The Morgan fingerprint density at radius 1 is 1.22 bits per heavy atom. The molecular weight excluding hydrogens is 465 g/mol. The summed E-state index contributed by atoms with van der Waals surface area (Å²) in [6.45, 7) is 1.86. The second kappa shape index (κ2) is 8.98. The summed E-state index contributed by atoms with van der Waals surface area (Å²) in [6, 6.07) is 6.78.